The van der Waals surface area contributed by atoms with Gasteiger partial charge in [0.25, 0.3) is 5.91 Å². The van der Waals surface area contributed by atoms with Gasteiger partial charge in [0.1, 0.15) is 0 Å². The number of amides is 1. The van der Waals surface area contributed by atoms with Gasteiger partial charge in [-0.2, -0.15) is 4.99 Å². The molecule has 76 valence electrons. The zero-order chi connectivity index (χ0) is 11.0. The van der Waals surface area contributed by atoms with Crippen molar-refractivity contribution in [2.75, 3.05) is 6.26 Å². The summed E-state index contributed by atoms with van der Waals surface area (Å²) in [6, 6.07) is 3.25. The van der Waals surface area contributed by atoms with Crippen molar-refractivity contribution in [3.63, 3.8) is 0 Å². The number of nitrogens with zero attached hydrogens (tertiary/aromatic N) is 2. The molecule has 0 atom stereocenters. The molecule has 3 nitrogen and oxygen atoms in total. The largest absolute Gasteiger partial charge is 0.281 e. The molecule has 1 aromatic rings. The summed E-state index contributed by atoms with van der Waals surface area (Å²) in [6.45, 7) is 3.80. The van der Waals surface area contributed by atoms with Gasteiger partial charge in [-0.15, -0.1) is 0 Å². The number of amidine groups is 1. The predicted molar refractivity (Wildman–Crippen MR) is 63.0 cm³/mol. The molecule has 0 unspecified atom stereocenters. The number of thioether (sulfide) groups is 1. The molecular weight excluding hydrogens is 232 g/mol. The fourth-order valence-electron chi connectivity index (χ4n) is 1.31. The molecule has 0 aliphatic carbocycles. The molecule has 0 saturated heterocycles. The first-order chi connectivity index (χ1) is 7.11. The van der Waals surface area contributed by atoms with Crippen LogP contribution in [0, 0.1) is 0 Å². The normalized spacial score (nSPS) is 14.3. The minimum Gasteiger partial charge on any atom is -0.267 e. The molecule has 1 aliphatic rings. The molecule has 0 spiro atoms. The van der Waals surface area contributed by atoms with Gasteiger partial charge in [0.05, 0.1) is 10.9 Å². The summed E-state index contributed by atoms with van der Waals surface area (Å²) in [5.74, 6) is -0.309. The Morgan fingerprint density at radius 2 is 2.13 bits per heavy atom. The number of benzene rings is 1. The van der Waals surface area contributed by atoms with Gasteiger partial charge in [0.15, 0.2) is 5.17 Å². The maximum atomic E-state index is 11.6. The second kappa shape index (κ2) is 3.79. The minimum absolute atomic E-state index is 0.309. The van der Waals surface area contributed by atoms with E-state index in [0.717, 1.165) is 0 Å². The lowest BCUT2D eigenvalue weighted by atomic mass is 10.1. The summed E-state index contributed by atoms with van der Waals surface area (Å²) >= 11 is 7.16. The van der Waals surface area contributed by atoms with Gasteiger partial charge in [0, 0.05) is 5.02 Å². The van der Waals surface area contributed by atoms with Gasteiger partial charge in [-0.25, -0.2) is 4.99 Å². The average Bonchev–Trinajstić information content (AvgIpc) is 2.19. The van der Waals surface area contributed by atoms with E-state index in [1.807, 2.05) is 6.26 Å². The molecule has 0 saturated carbocycles. The second-order valence-electron chi connectivity index (χ2n) is 2.98. The molecule has 0 N–H and O–H groups in total. The molecule has 1 aliphatic heterocycles. The summed E-state index contributed by atoms with van der Waals surface area (Å²) < 4.78 is 0. The highest BCUT2D eigenvalue weighted by atomic mass is 35.5. The quantitative estimate of drug-likeness (QED) is 0.683. The molecule has 2 rings (SSSR count). The molecule has 0 fully saturated rings. The van der Waals surface area contributed by atoms with Crippen molar-refractivity contribution in [3.05, 3.63) is 33.3 Å². The molecule has 15 heavy (non-hydrogen) atoms. The van der Waals surface area contributed by atoms with Crippen LogP contribution in [0.15, 0.2) is 22.1 Å². The van der Waals surface area contributed by atoms with Gasteiger partial charge in [0.2, 0.25) is 0 Å². The van der Waals surface area contributed by atoms with Crippen LogP contribution in [-0.4, -0.2) is 17.3 Å². The summed E-state index contributed by atoms with van der Waals surface area (Å²) in [4.78, 5) is 19.6. The first-order valence-electron chi connectivity index (χ1n) is 4.16. The van der Waals surface area contributed by atoms with Crippen molar-refractivity contribution in [1.82, 2.24) is 0 Å². The van der Waals surface area contributed by atoms with Gasteiger partial charge in [-0.1, -0.05) is 29.9 Å². The number of aliphatic imine (C=N–C) groups is 1. The third kappa shape index (κ3) is 1.82. The molecule has 0 bridgehead atoms. The van der Waals surface area contributed by atoms with Crippen LogP contribution in [0.3, 0.4) is 0 Å². The molecule has 1 amide bonds. The minimum atomic E-state index is -0.309. The van der Waals surface area contributed by atoms with Gasteiger partial charge in [-0.3, -0.25) is 4.79 Å². The van der Waals surface area contributed by atoms with Crippen LogP contribution in [-0.2, 0) is 0 Å². The van der Waals surface area contributed by atoms with Crippen molar-refractivity contribution in [2.24, 2.45) is 9.98 Å². The number of halogens is 1. The van der Waals surface area contributed by atoms with Crippen LogP contribution in [0.5, 0.6) is 0 Å². The first-order valence-corrected chi connectivity index (χ1v) is 5.76. The fourth-order valence-corrected chi connectivity index (χ4v) is 1.91. The lowest BCUT2D eigenvalue weighted by molar-refractivity contribution is 0.100. The maximum absolute atomic E-state index is 11.6. The highest BCUT2D eigenvalue weighted by Gasteiger charge is 2.15. The van der Waals surface area contributed by atoms with E-state index >= 15 is 0 Å². The number of rotatable bonds is 0. The topological polar surface area (TPSA) is 41.8 Å². The SMILES string of the molecule is C=c1cc(Cl)cc2c1=NC(SC)=NC2=O. The Kier molecular flexibility index (Phi) is 2.63. The number of hydrogen-bond acceptors (Lipinski definition) is 3. The summed E-state index contributed by atoms with van der Waals surface area (Å²) in [5, 5.41) is 2.15. The molecular formula is C10H7ClN2OS. The Bertz CT molecular complexity index is 580. The van der Waals surface area contributed by atoms with Crippen LogP contribution in [0.25, 0.3) is 6.58 Å². The molecule has 0 radical (unpaired) electrons. The molecule has 5 heteroatoms. The maximum Gasteiger partial charge on any atom is 0.281 e. The van der Waals surface area contributed by atoms with Crippen molar-refractivity contribution in [2.45, 2.75) is 0 Å². The van der Waals surface area contributed by atoms with E-state index in [0.29, 0.717) is 26.3 Å². The van der Waals surface area contributed by atoms with Crippen LogP contribution in [0.2, 0.25) is 5.02 Å². The molecule has 0 aromatic heterocycles. The van der Waals surface area contributed by atoms with Crippen LogP contribution < -0.4 is 10.6 Å². The van der Waals surface area contributed by atoms with Gasteiger partial charge < -0.3 is 0 Å². The van der Waals surface area contributed by atoms with Crippen LogP contribution in [0.4, 0.5) is 0 Å². The van der Waals surface area contributed by atoms with E-state index in [1.54, 1.807) is 12.1 Å². The van der Waals surface area contributed by atoms with Gasteiger partial charge in [-0.05, 0) is 23.6 Å². The van der Waals surface area contributed by atoms with Crippen molar-refractivity contribution in [3.8, 4) is 0 Å². The van der Waals surface area contributed by atoms with E-state index in [1.165, 1.54) is 11.8 Å². The van der Waals surface area contributed by atoms with Crippen molar-refractivity contribution < 1.29 is 4.79 Å². The average molecular weight is 239 g/mol. The Hall–Kier alpha value is -1.13. The van der Waals surface area contributed by atoms with E-state index < -0.39 is 0 Å². The summed E-state index contributed by atoms with van der Waals surface area (Å²) in [5.41, 5.74) is 0.422. The Morgan fingerprint density at radius 1 is 1.40 bits per heavy atom. The smallest absolute Gasteiger partial charge is 0.267 e. The van der Waals surface area contributed by atoms with Crippen LogP contribution >= 0.6 is 23.4 Å². The lowest BCUT2D eigenvalue weighted by Gasteiger charge is -2.05. The van der Waals surface area contributed by atoms with E-state index in [2.05, 4.69) is 16.6 Å². The zero-order valence-electron chi connectivity index (χ0n) is 7.95. The van der Waals surface area contributed by atoms with E-state index in [4.69, 9.17) is 11.6 Å². The number of fused-ring (bicyclic) bond motifs is 1. The molecule has 1 heterocycles. The fraction of sp³-hybridized carbons (Fsp3) is 0.100. The predicted octanol–water partition coefficient (Wildman–Crippen LogP) is 1.24. The molecule has 1 aromatic carbocycles. The first kappa shape index (κ1) is 10.4. The third-order valence-corrected chi connectivity index (χ3v) is 2.74. The summed E-state index contributed by atoms with van der Waals surface area (Å²) in [6.07, 6.45) is 1.82. The number of carbonyl (C=O) groups is 1. The Labute approximate surface area is 95.6 Å². The van der Waals surface area contributed by atoms with Crippen LogP contribution in [0.1, 0.15) is 10.4 Å². The van der Waals surface area contributed by atoms with Crippen molar-refractivity contribution >= 4 is 41.0 Å². The third-order valence-electron chi connectivity index (χ3n) is 1.97. The highest BCUT2D eigenvalue weighted by Crippen LogP contribution is 2.10. The van der Waals surface area contributed by atoms with Crippen molar-refractivity contribution in [1.29, 1.82) is 0 Å². The Morgan fingerprint density at radius 3 is 2.80 bits per heavy atom. The standard InChI is InChI=1S/C10H7ClN2OS/c1-5-3-6(11)4-7-8(5)12-10(15-2)13-9(7)14/h3-4H,1H2,2H3. The number of carbonyl (C=O) groups excluding carboxylic acids is 1. The lowest BCUT2D eigenvalue weighted by Crippen LogP contribution is -2.33. The number of hydrogen-bond donors (Lipinski definition) is 0. The highest BCUT2D eigenvalue weighted by molar-refractivity contribution is 8.13. The Balaban J connectivity index is 2.81. The monoisotopic (exact) mass is 238 g/mol. The van der Waals surface area contributed by atoms with E-state index in [9.17, 15) is 4.79 Å². The van der Waals surface area contributed by atoms with Gasteiger partial charge >= 0.3 is 0 Å². The zero-order valence-corrected chi connectivity index (χ0v) is 9.52. The summed E-state index contributed by atoms with van der Waals surface area (Å²) in [7, 11) is 0. The van der Waals surface area contributed by atoms with E-state index in [-0.39, 0.29) is 5.91 Å². The second-order valence-corrected chi connectivity index (χ2v) is 4.19.